The second kappa shape index (κ2) is 5.65. The van der Waals surface area contributed by atoms with E-state index in [2.05, 4.69) is 5.32 Å². The molecule has 1 aliphatic rings. The van der Waals surface area contributed by atoms with Crippen molar-refractivity contribution in [3.8, 4) is 5.75 Å². The summed E-state index contributed by atoms with van der Waals surface area (Å²) in [4.78, 5) is 13.4. The molecule has 1 aliphatic heterocycles. The van der Waals surface area contributed by atoms with E-state index < -0.39 is 0 Å². The Morgan fingerprint density at radius 3 is 2.70 bits per heavy atom. The number of benzene rings is 2. The van der Waals surface area contributed by atoms with Gasteiger partial charge in [0, 0.05) is 24.8 Å². The molecule has 0 atom stereocenters. The van der Waals surface area contributed by atoms with Crippen LogP contribution in [-0.2, 0) is 6.61 Å². The van der Waals surface area contributed by atoms with Crippen molar-refractivity contribution in [3.63, 3.8) is 0 Å². The molecule has 0 spiro atoms. The van der Waals surface area contributed by atoms with Gasteiger partial charge in [0.15, 0.2) is 0 Å². The third kappa shape index (κ3) is 2.74. The van der Waals surface area contributed by atoms with Crippen molar-refractivity contribution < 1.29 is 9.53 Å². The summed E-state index contributed by atoms with van der Waals surface area (Å²) in [6.07, 6.45) is 0. The molecule has 0 radical (unpaired) electrons. The first kappa shape index (κ1) is 12.5. The molecular weight excluding hydrogens is 252 g/mol. The number of nitrogens with one attached hydrogen (secondary N) is 1. The maximum Gasteiger partial charge on any atom is 0.321 e. The van der Waals surface area contributed by atoms with Crippen LogP contribution in [0.2, 0.25) is 0 Å². The smallest absolute Gasteiger partial charge is 0.321 e. The van der Waals surface area contributed by atoms with Gasteiger partial charge in [0.25, 0.3) is 0 Å². The van der Waals surface area contributed by atoms with Gasteiger partial charge in [0.2, 0.25) is 0 Å². The van der Waals surface area contributed by atoms with Gasteiger partial charge in [0.1, 0.15) is 12.4 Å². The summed E-state index contributed by atoms with van der Waals surface area (Å²) in [7, 11) is 0. The van der Waals surface area contributed by atoms with Crippen LogP contribution in [0.25, 0.3) is 0 Å². The molecule has 3 rings (SSSR count). The van der Waals surface area contributed by atoms with E-state index in [4.69, 9.17) is 4.74 Å². The number of carbonyl (C=O) groups is 1. The third-order valence-corrected chi connectivity index (χ3v) is 3.23. The fraction of sp³-hybridized carbons (Fsp3) is 0.188. The highest BCUT2D eigenvalue weighted by Gasteiger charge is 2.21. The summed E-state index contributed by atoms with van der Waals surface area (Å²) in [6, 6.07) is 17.6. The zero-order valence-corrected chi connectivity index (χ0v) is 11.1. The summed E-state index contributed by atoms with van der Waals surface area (Å²) in [6.45, 7) is 1.91. The average molecular weight is 268 g/mol. The second-order valence-electron chi connectivity index (χ2n) is 4.66. The van der Waals surface area contributed by atoms with Crippen LogP contribution in [0.5, 0.6) is 5.75 Å². The molecule has 2 amide bonds. The fourth-order valence-electron chi connectivity index (χ4n) is 2.20. The van der Waals surface area contributed by atoms with Gasteiger partial charge in [0.05, 0.1) is 0 Å². The highest BCUT2D eigenvalue weighted by molar-refractivity contribution is 5.94. The molecule has 4 heteroatoms. The van der Waals surface area contributed by atoms with Crippen LogP contribution in [0.4, 0.5) is 10.5 Å². The molecule has 1 heterocycles. The van der Waals surface area contributed by atoms with Gasteiger partial charge in [-0.2, -0.15) is 0 Å². The van der Waals surface area contributed by atoms with Gasteiger partial charge in [-0.3, -0.25) is 4.90 Å². The number of nitrogens with zero attached hydrogens (tertiary/aromatic N) is 1. The van der Waals surface area contributed by atoms with E-state index in [0.29, 0.717) is 19.7 Å². The van der Waals surface area contributed by atoms with Crippen molar-refractivity contribution >= 4 is 11.7 Å². The Morgan fingerprint density at radius 1 is 1.10 bits per heavy atom. The van der Waals surface area contributed by atoms with Crippen LogP contribution in [0.1, 0.15) is 5.56 Å². The Hall–Kier alpha value is -2.49. The third-order valence-electron chi connectivity index (χ3n) is 3.23. The molecule has 0 unspecified atom stereocenters. The minimum absolute atomic E-state index is 0.0507. The van der Waals surface area contributed by atoms with Crippen molar-refractivity contribution in [2.45, 2.75) is 6.61 Å². The van der Waals surface area contributed by atoms with Gasteiger partial charge in [-0.25, -0.2) is 4.79 Å². The van der Waals surface area contributed by atoms with Gasteiger partial charge < -0.3 is 10.1 Å². The first-order chi connectivity index (χ1) is 9.83. The molecule has 2 aromatic carbocycles. The number of anilines is 1. The zero-order valence-electron chi connectivity index (χ0n) is 11.1. The summed E-state index contributed by atoms with van der Waals surface area (Å²) < 4.78 is 5.77. The molecular formula is C16H16N2O2. The number of ether oxygens (including phenoxy) is 1. The first-order valence-electron chi connectivity index (χ1n) is 6.65. The predicted octanol–water partition coefficient (Wildman–Crippen LogP) is 2.80. The maximum atomic E-state index is 11.6. The van der Waals surface area contributed by atoms with Crippen LogP contribution in [0.15, 0.2) is 54.6 Å². The molecule has 102 valence electrons. The lowest BCUT2D eigenvalue weighted by Gasteiger charge is -2.15. The quantitative estimate of drug-likeness (QED) is 0.926. The summed E-state index contributed by atoms with van der Waals surface area (Å²) in [5.74, 6) is 0.769. The standard InChI is InChI=1S/C16H16N2O2/c19-16-17-9-10-18(16)14-7-4-8-15(11-14)20-12-13-5-2-1-3-6-13/h1-8,11H,9-10,12H2,(H,17,19). The molecule has 0 bridgehead atoms. The lowest BCUT2D eigenvalue weighted by atomic mass is 10.2. The van der Waals surface area contributed by atoms with E-state index in [1.54, 1.807) is 4.90 Å². The number of urea groups is 1. The summed E-state index contributed by atoms with van der Waals surface area (Å²) >= 11 is 0. The predicted molar refractivity (Wildman–Crippen MR) is 78.0 cm³/mol. The second-order valence-corrected chi connectivity index (χ2v) is 4.66. The topological polar surface area (TPSA) is 41.6 Å². The van der Waals surface area contributed by atoms with Crippen molar-refractivity contribution in [2.75, 3.05) is 18.0 Å². The van der Waals surface area contributed by atoms with E-state index >= 15 is 0 Å². The normalized spacial score (nSPS) is 14.2. The van der Waals surface area contributed by atoms with Crippen LogP contribution < -0.4 is 15.0 Å². The lowest BCUT2D eigenvalue weighted by Crippen LogP contribution is -2.27. The maximum absolute atomic E-state index is 11.6. The van der Waals surface area contributed by atoms with E-state index in [1.165, 1.54) is 0 Å². The van der Waals surface area contributed by atoms with Crippen LogP contribution >= 0.6 is 0 Å². The molecule has 0 saturated carbocycles. The SMILES string of the molecule is O=C1NCCN1c1cccc(OCc2ccccc2)c1. The molecule has 1 N–H and O–H groups in total. The number of hydrogen-bond acceptors (Lipinski definition) is 2. The minimum atomic E-state index is -0.0507. The molecule has 4 nitrogen and oxygen atoms in total. The molecule has 2 aromatic rings. The fourth-order valence-corrected chi connectivity index (χ4v) is 2.20. The van der Waals surface area contributed by atoms with Gasteiger partial charge in [-0.15, -0.1) is 0 Å². The molecule has 1 saturated heterocycles. The lowest BCUT2D eigenvalue weighted by molar-refractivity contribution is 0.252. The van der Waals surface area contributed by atoms with Crippen LogP contribution in [-0.4, -0.2) is 19.1 Å². The van der Waals surface area contributed by atoms with Crippen molar-refractivity contribution in [1.29, 1.82) is 0 Å². The summed E-state index contributed by atoms with van der Waals surface area (Å²) in [5, 5.41) is 2.79. The summed E-state index contributed by atoms with van der Waals surface area (Å²) in [5.41, 5.74) is 1.99. The Balaban J connectivity index is 1.70. The zero-order chi connectivity index (χ0) is 13.8. The van der Waals surface area contributed by atoms with Crippen molar-refractivity contribution in [1.82, 2.24) is 5.32 Å². The van der Waals surface area contributed by atoms with Crippen LogP contribution in [0.3, 0.4) is 0 Å². The number of rotatable bonds is 4. The van der Waals surface area contributed by atoms with E-state index in [1.807, 2.05) is 54.6 Å². The number of hydrogen-bond donors (Lipinski definition) is 1. The van der Waals surface area contributed by atoms with Crippen molar-refractivity contribution in [2.24, 2.45) is 0 Å². The molecule has 0 aliphatic carbocycles. The monoisotopic (exact) mass is 268 g/mol. The Kier molecular flexibility index (Phi) is 3.54. The number of carbonyl (C=O) groups excluding carboxylic acids is 1. The number of amides is 2. The van der Waals surface area contributed by atoms with Gasteiger partial charge in [-0.1, -0.05) is 36.4 Å². The Morgan fingerprint density at radius 2 is 1.95 bits per heavy atom. The van der Waals surface area contributed by atoms with Crippen molar-refractivity contribution in [3.05, 3.63) is 60.2 Å². The molecule has 20 heavy (non-hydrogen) atoms. The van der Waals surface area contributed by atoms with E-state index in [9.17, 15) is 4.79 Å². The highest BCUT2D eigenvalue weighted by atomic mass is 16.5. The highest BCUT2D eigenvalue weighted by Crippen LogP contribution is 2.23. The van der Waals surface area contributed by atoms with Gasteiger partial charge in [-0.05, 0) is 17.7 Å². The minimum Gasteiger partial charge on any atom is -0.489 e. The molecule has 0 aromatic heterocycles. The van der Waals surface area contributed by atoms with E-state index in [0.717, 1.165) is 17.0 Å². The molecule has 1 fully saturated rings. The largest absolute Gasteiger partial charge is 0.489 e. The Labute approximate surface area is 118 Å². The van der Waals surface area contributed by atoms with Crippen LogP contribution in [0, 0.1) is 0 Å². The Bertz CT molecular complexity index is 598. The van der Waals surface area contributed by atoms with Gasteiger partial charge >= 0.3 is 6.03 Å². The first-order valence-corrected chi connectivity index (χ1v) is 6.65. The van der Waals surface area contributed by atoms with E-state index in [-0.39, 0.29) is 6.03 Å². The average Bonchev–Trinajstić information content (AvgIpc) is 2.93.